The molecule has 0 saturated carbocycles. The van der Waals surface area contributed by atoms with Crippen LogP contribution in [0, 0.1) is 0 Å². The summed E-state index contributed by atoms with van der Waals surface area (Å²) in [6.45, 7) is 7.02. The molecule has 12 heteroatoms. The molecule has 3 aliphatic rings. The Hall–Kier alpha value is -3.87. The first-order chi connectivity index (χ1) is 19.1. The lowest BCUT2D eigenvalue weighted by Crippen LogP contribution is -2.49. The van der Waals surface area contributed by atoms with E-state index in [0.717, 1.165) is 54.4 Å². The van der Waals surface area contributed by atoms with Crippen LogP contribution < -0.4 is 15.5 Å². The summed E-state index contributed by atoms with van der Waals surface area (Å²) in [7, 11) is 0. The van der Waals surface area contributed by atoms with E-state index in [9.17, 15) is 9.90 Å². The minimum atomic E-state index is 0.0244. The van der Waals surface area contributed by atoms with Gasteiger partial charge in [0.2, 0.25) is 11.9 Å². The molecule has 0 bridgehead atoms. The Balaban J connectivity index is 1.31. The number of carbonyl (C=O) groups is 1. The number of nitrogens with two attached hydrogens (primary N) is 1. The van der Waals surface area contributed by atoms with Crippen molar-refractivity contribution in [2.75, 3.05) is 87.7 Å². The Kier molecular flexibility index (Phi) is 7.22. The quantitative estimate of drug-likeness (QED) is 0.467. The number of benzene rings is 1. The van der Waals surface area contributed by atoms with Gasteiger partial charge in [0.1, 0.15) is 5.82 Å². The van der Waals surface area contributed by atoms with Gasteiger partial charge < -0.3 is 30.3 Å². The van der Waals surface area contributed by atoms with Gasteiger partial charge in [0, 0.05) is 87.1 Å². The summed E-state index contributed by atoms with van der Waals surface area (Å²) < 4.78 is 5.54. The molecule has 204 valence electrons. The molecule has 0 atom stereocenters. The molecular formula is C27H33N9O3. The normalized spacial score (nSPS) is 17.9. The highest BCUT2D eigenvalue weighted by molar-refractivity contribution is 5.95. The van der Waals surface area contributed by atoms with Crippen molar-refractivity contribution < 1.29 is 14.6 Å². The summed E-state index contributed by atoms with van der Waals surface area (Å²) in [5.41, 5.74) is 9.95. The number of hydrogen-bond donors (Lipinski definition) is 2. The number of aliphatic hydroxyl groups is 1. The smallest absolute Gasteiger partial charge is 0.254 e. The first-order valence-electron chi connectivity index (χ1n) is 13.4. The van der Waals surface area contributed by atoms with Crippen molar-refractivity contribution >= 4 is 29.3 Å². The molecule has 0 aliphatic carbocycles. The third kappa shape index (κ3) is 5.22. The van der Waals surface area contributed by atoms with Crippen LogP contribution >= 0.6 is 0 Å². The van der Waals surface area contributed by atoms with Crippen LogP contribution in [0.4, 0.5) is 23.4 Å². The average Bonchev–Trinajstić information content (AvgIpc) is 3.42. The Morgan fingerprint density at radius 3 is 2.51 bits per heavy atom. The van der Waals surface area contributed by atoms with E-state index < -0.39 is 0 Å². The highest BCUT2D eigenvalue weighted by Gasteiger charge is 2.30. The highest BCUT2D eigenvalue weighted by atomic mass is 16.5. The van der Waals surface area contributed by atoms with E-state index in [0.29, 0.717) is 57.4 Å². The zero-order valence-corrected chi connectivity index (χ0v) is 21.9. The van der Waals surface area contributed by atoms with Crippen LogP contribution in [0.1, 0.15) is 15.9 Å². The third-order valence-corrected chi connectivity index (χ3v) is 7.53. The van der Waals surface area contributed by atoms with Crippen LogP contribution in [0.5, 0.6) is 0 Å². The van der Waals surface area contributed by atoms with Gasteiger partial charge in [-0.1, -0.05) is 6.07 Å². The van der Waals surface area contributed by atoms with E-state index in [1.807, 2.05) is 29.2 Å². The van der Waals surface area contributed by atoms with Gasteiger partial charge in [0.15, 0.2) is 0 Å². The second-order valence-electron chi connectivity index (χ2n) is 9.91. The van der Waals surface area contributed by atoms with E-state index in [-0.39, 0.29) is 18.5 Å². The van der Waals surface area contributed by atoms with Crippen molar-refractivity contribution in [3.05, 3.63) is 47.8 Å². The summed E-state index contributed by atoms with van der Waals surface area (Å²) in [5.74, 6) is 1.72. The largest absolute Gasteiger partial charge is 0.395 e. The highest BCUT2D eigenvalue weighted by Crippen LogP contribution is 2.39. The Morgan fingerprint density at radius 1 is 1.00 bits per heavy atom. The lowest BCUT2D eigenvalue weighted by Gasteiger charge is -2.34. The number of morpholine rings is 1. The number of aromatic nitrogens is 4. The van der Waals surface area contributed by atoms with Crippen molar-refractivity contribution in [1.29, 1.82) is 0 Å². The minimum absolute atomic E-state index is 0.0244. The number of β-amino-alcohol motifs (C(OH)–C–C–N with tert-alkyl or cyclic N) is 1. The fraction of sp³-hybridized carbons (Fsp3) is 0.444. The Labute approximate surface area is 227 Å². The molecule has 2 saturated heterocycles. The Morgan fingerprint density at radius 2 is 1.77 bits per heavy atom. The molecule has 0 unspecified atom stereocenters. The predicted octanol–water partition coefficient (Wildman–Crippen LogP) is 0.797. The number of rotatable bonds is 6. The van der Waals surface area contributed by atoms with E-state index >= 15 is 0 Å². The number of ether oxygens (including phenoxy) is 1. The summed E-state index contributed by atoms with van der Waals surface area (Å²) >= 11 is 0. The maximum Gasteiger partial charge on any atom is 0.254 e. The number of anilines is 4. The molecule has 3 aromatic rings. The molecule has 6 rings (SSSR count). The molecule has 1 amide bonds. The van der Waals surface area contributed by atoms with Crippen molar-refractivity contribution in [1.82, 2.24) is 29.7 Å². The zero-order valence-electron chi connectivity index (χ0n) is 21.9. The molecule has 3 aliphatic heterocycles. The second-order valence-corrected chi connectivity index (χ2v) is 9.91. The molecule has 12 nitrogen and oxygen atoms in total. The maximum atomic E-state index is 13.4. The number of carbonyl (C=O) groups excluding carboxylic acids is 1. The predicted molar refractivity (Wildman–Crippen MR) is 147 cm³/mol. The van der Waals surface area contributed by atoms with Crippen molar-refractivity contribution in [2.45, 2.75) is 6.42 Å². The van der Waals surface area contributed by atoms with Crippen molar-refractivity contribution in [3.8, 4) is 11.3 Å². The lowest BCUT2D eigenvalue weighted by atomic mass is 10.1. The van der Waals surface area contributed by atoms with Crippen LogP contribution in [-0.2, 0) is 11.2 Å². The van der Waals surface area contributed by atoms with Gasteiger partial charge >= 0.3 is 0 Å². The fourth-order valence-corrected chi connectivity index (χ4v) is 5.40. The van der Waals surface area contributed by atoms with Gasteiger partial charge in [-0.25, -0.2) is 15.0 Å². The molecular weight excluding hydrogens is 498 g/mol. The summed E-state index contributed by atoms with van der Waals surface area (Å²) in [4.78, 5) is 40.1. The molecule has 1 aromatic carbocycles. The second kappa shape index (κ2) is 11.1. The van der Waals surface area contributed by atoms with E-state index in [1.165, 1.54) is 0 Å². The average molecular weight is 532 g/mol. The van der Waals surface area contributed by atoms with Gasteiger partial charge in [0.25, 0.3) is 5.91 Å². The minimum Gasteiger partial charge on any atom is -0.395 e. The van der Waals surface area contributed by atoms with Crippen LogP contribution in [0.2, 0.25) is 0 Å². The molecule has 3 N–H and O–H groups in total. The number of piperazine rings is 1. The SMILES string of the molecule is Nc1ncc(-c2nc(N3CCOCC3)nc3c2CCN3c2cccc(C(=O)N3CCN(CCO)CC3)c2)cn1. The molecule has 0 radical (unpaired) electrons. The lowest BCUT2D eigenvalue weighted by molar-refractivity contribution is 0.0615. The number of hydrogen-bond acceptors (Lipinski definition) is 11. The van der Waals surface area contributed by atoms with Gasteiger partial charge in [-0.15, -0.1) is 0 Å². The van der Waals surface area contributed by atoms with Gasteiger partial charge in [-0.2, -0.15) is 4.98 Å². The molecule has 2 fully saturated rings. The topological polar surface area (TPSA) is 137 Å². The molecule has 39 heavy (non-hydrogen) atoms. The first kappa shape index (κ1) is 25.4. The maximum absolute atomic E-state index is 13.4. The van der Waals surface area contributed by atoms with Gasteiger partial charge in [-0.3, -0.25) is 9.69 Å². The first-order valence-corrected chi connectivity index (χ1v) is 13.4. The standard InChI is InChI=1S/C27H33N9O3/c28-26-29-17-20(18-30-26)23-22-4-5-36(24(22)32-27(31-23)35-11-14-39-15-12-35)21-3-1-2-19(16-21)25(38)34-8-6-33(7-9-34)10-13-37/h1-3,16-18,37H,4-15H2,(H2,28,29,30). The number of nitrogen functional groups attached to an aromatic ring is 1. The van der Waals surface area contributed by atoms with Crippen LogP contribution in [-0.4, -0.2) is 113 Å². The monoisotopic (exact) mass is 531 g/mol. The molecule has 2 aromatic heterocycles. The van der Waals surface area contributed by atoms with Crippen molar-refractivity contribution in [3.63, 3.8) is 0 Å². The fourth-order valence-electron chi connectivity index (χ4n) is 5.40. The Bertz CT molecular complexity index is 1320. The number of aliphatic hydroxyl groups excluding tert-OH is 1. The van der Waals surface area contributed by atoms with E-state index in [2.05, 4.69) is 24.7 Å². The zero-order chi connectivity index (χ0) is 26.8. The number of amides is 1. The number of fused-ring (bicyclic) bond motifs is 1. The molecule has 0 spiro atoms. The summed E-state index contributed by atoms with van der Waals surface area (Å²) in [6.07, 6.45) is 4.16. The van der Waals surface area contributed by atoms with Crippen LogP contribution in [0.15, 0.2) is 36.7 Å². The van der Waals surface area contributed by atoms with Crippen LogP contribution in [0.3, 0.4) is 0 Å². The van der Waals surface area contributed by atoms with Gasteiger partial charge in [-0.05, 0) is 24.6 Å². The summed E-state index contributed by atoms with van der Waals surface area (Å²) in [5, 5.41) is 9.20. The van der Waals surface area contributed by atoms with E-state index in [1.54, 1.807) is 12.4 Å². The van der Waals surface area contributed by atoms with Crippen molar-refractivity contribution in [2.24, 2.45) is 0 Å². The third-order valence-electron chi connectivity index (χ3n) is 7.53. The molecule has 5 heterocycles. The summed E-state index contributed by atoms with van der Waals surface area (Å²) in [6, 6.07) is 7.79. The number of nitrogens with zero attached hydrogens (tertiary/aromatic N) is 8. The van der Waals surface area contributed by atoms with Gasteiger partial charge in [0.05, 0.1) is 25.5 Å². The van der Waals surface area contributed by atoms with Crippen LogP contribution in [0.25, 0.3) is 11.3 Å². The van der Waals surface area contributed by atoms with E-state index in [4.69, 9.17) is 20.4 Å².